The number of pyridine rings is 1. The number of piperidine rings is 1. The van der Waals surface area contributed by atoms with Gasteiger partial charge in [0, 0.05) is 40.0 Å². The molecule has 0 spiro atoms. The summed E-state index contributed by atoms with van der Waals surface area (Å²) in [5.41, 5.74) is 5.97. The molecule has 3 heterocycles. The minimum absolute atomic E-state index is 0.188. The number of anilines is 2. The van der Waals surface area contributed by atoms with Crippen molar-refractivity contribution in [3.05, 3.63) is 105 Å². The third-order valence-electron chi connectivity index (χ3n) is 7.79. The summed E-state index contributed by atoms with van der Waals surface area (Å²) < 4.78 is 16.6. The maximum atomic E-state index is 15.0. The molecule has 0 saturated carbocycles. The smallest absolute Gasteiger partial charge is 0.260 e. The second-order valence-electron chi connectivity index (χ2n) is 10.5. The highest BCUT2D eigenvalue weighted by atomic mass is 35.5. The van der Waals surface area contributed by atoms with Gasteiger partial charge in [-0.2, -0.15) is 4.98 Å². The molecule has 5 aromatic rings. The van der Waals surface area contributed by atoms with E-state index in [0.29, 0.717) is 45.4 Å². The monoisotopic (exact) mass is 567 g/mol. The first-order valence-electron chi connectivity index (χ1n) is 14.0. The van der Waals surface area contributed by atoms with Crippen LogP contribution in [0.25, 0.3) is 33.3 Å². The van der Waals surface area contributed by atoms with Crippen molar-refractivity contribution < 1.29 is 4.39 Å². The number of nitrogens with zero attached hydrogens (tertiary/aromatic N) is 3. The van der Waals surface area contributed by atoms with Crippen molar-refractivity contribution >= 4 is 34.3 Å². The fourth-order valence-electron chi connectivity index (χ4n) is 5.64. The van der Waals surface area contributed by atoms with Gasteiger partial charge in [-0.05, 0) is 86.7 Å². The summed E-state index contributed by atoms with van der Waals surface area (Å²) in [6, 6.07) is 20.9. The Bertz CT molecular complexity index is 1810. The summed E-state index contributed by atoms with van der Waals surface area (Å²) in [5.74, 6) is 0.284. The zero-order valence-electron chi connectivity index (χ0n) is 23.0. The van der Waals surface area contributed by atoms with Crippen molar-refractivity contribution in [2.24, 2.45) is 0 Å². The lowest BCUT2D eigenvalue weighted by atomic mass is 9.90. The second-order valence-corrected chi connectivity index (χ2v) is 10.9. The van der Waals surface area contributed by atoms with Gasteiger partial charge >= 0.3 is 0 Å². The van der Waals surface area contributed by atoms with Gasteiger partial charge in [-0.3, -0.25) is 9.36 Å². The van der Waals surface area contributed by atoms with Crippen LogP contribution in [0, 0.1) is 12.7 Å². The highest BCUT2D eigenvalue weighted by Gasteiger charge is 2.19. The summed E-state index contributed by atoms with van der Waals surface area (Å²) in [6.07, 6.45) is 3.53. The maximum Gasteiger partial charge on any atom is 0.260 e. The Morgan fingerprint density at radius 3 is 2.56 bits per heavy atom. The standard InChI is InChI=1S/C33H31ClFN5O/c1-3-40-31-24(16-28(32(40)41)27-9-7-23(17-29(27)34)22-6-4-5-20(2)15-22)19-37-33(39-31)38-25-8-10-26(30(35)18-25)21-11-13-36-14-12-21/h4-10,15-19,21,36H,3,11-14H2,1-2H3,(H,37,38,39). The second kappa shape index (κ2) is 11.4. The number of rotatable bonds is 6. The normalized spacial score (nSPS) is 14.0. The molecule has 208 valence electrons. The number of aromatic nitrogens is 3. The molecule has 3 aromatic carbocycles. The zero-order valence-corrected chi connectivity index (χ0v) is 23.8. The molecule has 0 radical (unpaired) electrons. The molecular weight excluding hydrogens is 537 g/mol. The molecule has 0 unspecified atom stereocenters. The predicted molar refractivity (Wildman–Crippen MR) is 165 cm³/mol. The lowest BCUT2D eigenvalue weighted by molar-refractivity contribution is 0.445. The quantitative estimate of drug-likeness (QED) is 0.223. The Hall–Kier alpha value is -4.07. The van der Waals surface area contributed by atoms with Crippen LogP contribution in [-0.4, -0.2) is 27.6 Å². The molecular formula is C33H31ClFN5O. The van der Waals surface area contributed by atoms with Crippen LogP contribution in [0.5, 0.6) is 0 Å². The van der Waals surface area contributed by atoms with Crippen molar-refractivity contribution in [1.29, 1.82) is 0 Å². The number of hydrogen-bond donors (Lipinski definition) is 2. The Balaban J connectivity index is 1.32. The van der Waals surface area contributed by atoms with Gasteiger partial charge in [0.05, 0.1) is 0 Å². The summed E-state index contributed by atoms with van der Waals surface area (Å²) in [7, 11) is 0. The Kier molecular flexibility index (Phi) is 7.56. The van der Waals surface area contributed by atoms with Crippen molar-refractivity contribution in [1.82, 2.24) is 19.9 Å². The topological polar surface area (TPSA) is 71.8 Å². The molecule has 0 atom stereocenters. The first kappa shape index (κ1) is 27.1. The molecule has 1 aliphatic heterocycles. The highest BCUT2D eigenvalue weighted by molar-refractivity contribution is 6.33. The largest absolute Gasteiger partial charge is 0.324 e. The minimum Gasteiger partial charge on any atom is -0.324 e. The van der Waals surface area contributed by atoms with Crippen molar-refractivity contribution in [2.75, 3.05) is 18.4 Å². The van der Waals surface area contributed by atoms with Gasteiger partial charge in [0.2, 0.25) is 5.95 Å². The van der Waals surface area contributed by atoms with E-state index < -0.39 is 0 Å². The van der Waals surface area contributed by atoms with E-state index in [9.17, 15) is 9.18 Å². The molecule has 1 saturated heterocycles. The summed E-state index contributed by atoms with van der Waals surface area (Å²) >= 11 is 6.74. The van der Waals surface area contributed by atoms with E-state index in [1.54, 1.807) is 16.8 Å². The van der Waals surface area contributed by atoms with E-state index in [-0.39, 0.29) is 17.3 Å². The van der Waals surface area contributed by atoms with Gasteiger partial charge in [-0.25, -0.2) is 9.37 Å². The first-order chi connectivity index (χ1) is 19.9. The molecule has 0 aliphatic carbocycles. The van der Waals surface area contributed by atoms with Crippen molar-refractivity contribution in [3.8, 4) is 22.3 Å². The molecule has 41 heavy (non-hydrogen) atoms. The molecule has 0 bridgehead atoms. The van der Waals surface area contributed by atoms with Crippen LogP contribution in [0.1, 0.15) is 36.8 Å². The van der Waals surface area contributed by atoms with Crippen LogP contribution in [0.3, 0.4) is 0 Å². The lowest BCUT2D eigenvalue weighted by Gasteiger charge is -2.23. The van der Waals surface area contributed by atoms with E-state index in [0.717, 1.165) is 48.2 Å². The third kappa shape index (κ3) is 5.47. The number of hydrogen-bond acceptors (Lipinski definition) is 5. The van der Waals surface area contributed by atoms with Crippen LogP contribution in [0.15, 0.2) is 77.7 Å². The van der Waals surface area contributed by atoms with Gasteiger partial charge in [-0.1, -0.05) is 59.6 Å². The van der Waals surface area contributed by atoms with Crippen LogP contribution in [-0.2, 0) is 6.54 Å². The molecule has 0 amide bonds. The Labute approximate surface area is 243 Å². The van der Waals surface area contributed by atoms with Gasteiger partial charge in [0.1, 0.15) is 11.5 Å². The number of fused-ring (bicyclic) bond motifs is 1. The zero-order chi connectivity index (χ0) is 28.5. The van der Waals surface area contributed by atoms with E-state index >= 15 is 0 Å². The van der Waals surface area contributed by atoms with Gasteiger partial charge < -0.3 is 10.6 Å². The van der Waals surface area contributed by atoms with Crippen molar-refractivity contribution in [3.63, 3.8) is 0 Å². The predicted octanol–water partition coefficient (Wildman–Crippen LogP) is 7.46. The van der Waals surface area contributed by atoms with Gasteiger partial charge in [0.25, 0.3) is 5.56 Å². The molecule has 2 aromatic heterocycles. The lowest BCUT2D eigenvalue weighted by Crippen LogP contribution is -2.27. The molecule has 1 fully saturated rings. The number of benzene rings is 3. The molecule has 6 rings (SSSR count). The molecule has 2 N–H and O–H groups in total. The summed E-state index contributed by atoms with van der Waals surface area (Å²) in [4.78, 5) is 22.7. The van der Waals surface area contributed by atoms with Gasteiger partial charge in [0.15, 0.2) is 0 Å². The average Bonchev–Trinajstić information content (AvgIpc) is 2.98. The molecule has 1 aliphatic rings. The number of nitrogens with one attached hydrogen (secondary N) is 2. The fraction of sp³-hybridized carbons (Fsp3) is 0.242. The van der Waals surface area contributed by atoms with Crippen molar-refractivity contribution in [2.45, 2.75) is 39.2 Å². The van der Waals surface area contributed by atoms with Crippen LogP contribution >= 0.6 is 11.6 Å². The third-order valence-corrected chi connectivity index (χ3v) is 8.10. The number of halogens is 2. The van der Waals surface area contributed by atoms with E-state index in [1.807, 2.05) is 49.4 Å². The first-order valence-corrected chi connectivity index (χ1v) is 14.3. The minimum atomic E-state index is -0.233. The Morgan fingerprint density at radius 2 is 1.83 bits per heavy atom. The van der Waals surface area contributed by atoms with Crippen LogP contribution in [0.2, 0.25) is 5.02 Å². The number of aryl methyl sites for hydroxylation is 2. The molecule has 6 nitrogen and oxygen atoms in total. The van der Waals surface area contributed by atoms with Crippen LogP contribution in [0.4, 0.5) is 16.0 Å². The van der Waals surface area contributed by atoms with E-state index in [2.05, 4.69) is 39.7 Å². The SMILES string of the molecule is CCn1c(=O)c(-c2ccc(-c3cccc(C)c3)cc2Cl)cc2cnc(Nc3ccc(C4CCNCC4)c(F)c3)nc21. The maximum absolute atomic E-state index is 15.0. The van der Waals surface area contributed by atoms with E-state index in [1.165, 1.54) is 6.07 Å². The average molecular weight is 568 g/mol. The summed E-state index contributed by atoms with van der Waals surface area (Å²) in [5, 5.41) is 7.63. The van der Waals surface area contributed by atoms with Gasteiger partial charge in [-0.15, -0.1) is 0 Å². The fourth-order valence-corrected chi connectivity index (χ4v) is 5.92. The van der Waals surface area contributed by atoms with Crippen LogP contribution < -0.4 is 16.2 Å². The van der Waals surface area contributed by atoms with E-state index in [4.69, 9.17) is 11.6 Å². The highest BCUT2D eigenvalue weighted by Crippen LogP contribution is 2.33. The summed E-state index contributed by atoms with van der Waals surface area (Å²) in [6.45, 7) is 6.17. The Morgan fingerprint density at radius 1 is 1.02 bits per heavy atom. The molecule has 8 heteroatoms.